The van der Waals surface area contributed by atoms with E-state index in [1.165, 1.54) is 0 Å². The average molecular weight is 433 g/mol. The summed E-state index contributed by atoms with van der Waals surface area (Å²) < 4.78 is 3.42. The average Bonchev–Trinajstić information content (AvgIpc) is 3.23. The zero-order chi connectivity index (χ0) is 22.7. The number of nitrogens with one attached hydrogen (secondary N) is 1. The number of hydrogen-bond donors (Lipinski definition) is 1. The van der Waals surface area contributed by atoms with Crippen molar-refractivity contribution in [2.45, 2.75) is 32.9 Å². The molecule has 0 saturated heterocycles. The fourth-order valence-electron chi connectivity index (χ4n) is 4.27. The Kier molecular flexibility index (Phi) is 6.25. The van der Waals surface area contributed by atoms with E-state index in [1.54, 1.807) is 20.1 Å². The molecule has 1 aromatic carbocycles. The smallest absolute Gasteiger partial charge is 0.270 e. The summed E-state index contributed by atoms with van der Waals surface area (Å²) in [4.78, 5) is 40.9. The van der Waals surface area contributed by atoms with Gasteiger partial charge in [0.1, 0.15) is 11.3 Å². The van der Waals surface area contributed by atoms with Gasteiger partial charge in [0.2, 0.25) is 0 Å². The van der Waals surface area contributed by atoms with E-state index in [1.807, 2.05) is 62.8 Å². The summed E-state index contributed by atoms with van der Waals surface area (Å²) in [5.74, 6) is -0.394. The molecule has 3 aromatic rings. The summed E-state index contributed by atoms with van der Waals surface area (Å²) in [5, 5.41) is 2.78. The molecule has 2 aromatic heterocycles. The zero-order valence-corrected chi connectivity index (χ0v) is 18.5. The fraction of sp³-hybridized carbons (Fsp3) is 0.320. The molecule has 0 saturated carbocycles. The van der Waals surface area contributed by atoms with Gasteiger partial charge in [0, 0.05) is 45.6 Å². The van der Waals surface area contributed by atoms with Crippen LogP contribution in [0.5, 0.6) is 0 Å². The van der Waals surface area contributed by atoms with E-state index in [0.29, 0.717) is 44.7 Å². The van der Waals surface area contributed by atoms with E-state index in [0.717, 1.165) is 16.7 Å². The summed E-state index contributed by atoms with van der Waals surface area (Å²) in [6.07, 6.45) is 4.83. The minimum absolute atomic E-state index is 0.0512. The third-order valence-corrected chi connectivity index (χ3v) is 5.97. The van der Waals surface area contributed by atoms with Gasteiger partial charge in [0.05, 0.1) is 0 Å². The predicted molar refractivity (Wildman–Crippen MR) is 123 cm³/mol. The number of carbonyl (C=O) groups is 2. The van der Waals surface area contributed by atoms with Gasteiger partial charge >= 0.3 is 0 Å². The van der Waals surface area contributed by atoms with Gasteiger partial charge in [-0.3, -0.25) is 14.4 Å². The lowest BCUT2D eigenvalue weighted by atomic mass is 9.95. The molecule has 32 heavy (non-hydrogen) atoms. The molecule has 3 heterocycles. The number of carbonyl (C=O) groups excluding carboxylic acids is 2. The second-order valence-electron chi connectivity index (χ2n) is 8.08. The monoisotopic (exact) mass is 432 g/mol. The van der Waals surface area contributed by atoms with Gasteiger partial charge in [0.15, 0.2) is 0 Å². The molecule has 7 heteroatoms. The van der Waals surface area contributed by atoms with Gasteiger partial charge in [0.25, 0.3) is 17.4 Å². The first-order chi connectivity index (χ1) is 15.5. The number of fused-ring (bicyclic) bond motifs is 1. The van der Waals surface area contributed by atoms with E-state index in [9.17, 15) is 14.4 Å². The van der Waals surface area contributed by atoms with E-state index < -0.39 is 0 Å². The van der Waals surface area contributed by atoms with Crippen molar-refractivity contribution in [3.63, 3.8) is 0 Å². The topological polar surface area (TPSA) is 76.3 Å². The van der Waals surface area contributed by atoms with Crippen LogP contribution in [0.3, 0.4) is 0 Å². The third kappa shape index (κ3) is 4.23. The zero-order valence-electron chi connectivity index (χ0n) is 18.5. The number of pyridine rings is 1. The van der Waals surface area contributed by atoms with Gasteiger partial charge in [-0.15, -0.1) is 0 Å². The van der Waals surface area contributed by atoms with Gasteiger partial charge in [-0.05, 0) is 48.6 Å². The molecule has 0 aliphatic carbocycles. The minimum Gasteiger partial charge on any atom is -0.352 e. The van der Waals surface area contributed by atoms with Crippen LogP contribution in [0.4, 0.5) is 0 Å². The first-order valence-electron chi connectivity index (χ1n) is 11.0. The quantitative estimate of drug-likeness (QED) is 0.650. The standard InChI is InChI=1S/C25H28N4O3/c1-3-26-23(30)22-20-12-15-28(24(31)21-10-7-13-27(21)2)16-19(20)17-29(25(22)32)14-11-18-8-5-4-6-9-18/h4-10,13,17H,3,11-12,14-16H2,1-2H3,(H,26,30). The van der Waals surface area contributed by atoms with Gasteiger partial charge in [-0.2, -0.15) is 0 Å². The van der Waals surface area contributed by atoms with E-state index >= 15 is 0 Å². The second kappa shape index (κ2) is 9.26. The second-order valence-corrected chi connectivity index (χ2v) is 8.08. The Bertz CT molecular complexity index is 1190. The SMILES string of the molecule is CCNC(=O)c1c2c(cn(CCc3ccccc3)c1=O)CN(C(=O)c1cccn1C)CC2. The van der Waals surface area contributed by atoms with Crippen LogP contribution >= 0.6 is 0 Å². The highest BCUT2D eigenvalue weighted by atomic mass is 16.2. The van der Waals surface area contributed by atoms with Crippen molar-refractivity contribution >= 4 is 11.8 Å². The molecule has 0 spiro atoms. The maximum Gasteiger partial charge on any atom is 0.270 e. The van der Waals surface area contributed by atoms with Crippen molar-refractivity contribution in [2.75, 3.05) is 13.1 Å². The Morgan fingerprint density at radius 2 is 1.88 bits per heavy atom. The Morgan fingerprint density at radius 3 is 2.56 bits per heavy atom. The van der Waals surface area contributed by atoms with Crippen LogP contribution in [0.1, 0.15) is 44.5 Å². The first-order valence-corrected chi connectivity index (χ1v) is 11.0. The maximum atomic E-state index is 13.2. The van der Waals surface area contributed by atoms with Crippen LogP contribution in [0.25, 0.3) is 0 Å². The Balaban J connectivity index is 1.68. The number of nitrogens with zero attached hydrogens (tertiary/aromatic N) is 3. The van der Waals surface area contributed by atoms with Crippen molar-refractivity contribution in [3.05, 3.63) is 93.2 Å². The summed E-state index contributed by atoms with van der Waals surface area (Å²) >= 11 is 0. The first kappa shape index (κ1) is 21.6. The van der Waals surface area contributed by atoms with Gasteiger partial charge < -0.3 is 19.4 Å². The molecule has 0 unspecified atom stereocenters. The van der Waals surface area contributed by atoms with Gasteiger partial charge in [-0.25, -0.2) is 0 Å². The van der Waals surface area contributed by atoms with E-state index in [4.69, 9.17) is 0 Å². The molecular formula is C25H28N4O3. The maximum absolute atomic E-state index is 13.2. The number of aromatic nitrogens is 2. The molecule has 1 aliphatic rings. The molecule has 7 nitrogen and oxygen atoms in total. The van der Waals surface area contributed by atoms with E-state index in [-0.39, 0.29) is 22.9 Å². The molecule has 2 amide bonds. The van der Waals surface area contributed by atoms with Crippen LogP contribution < -0.4 is 10.9 Å². The molecular weight excluding hydrogens is 404 g/mol. The van der Waals surface area contributed by atoms with E-state index in [2.05, 4.69) is 5.32 Å². The number of benzene rings is 1. The van der Waals surface area contributed by atoms with Gasteiger partial charge in [-0.1, -0.05) is 30.3 Å². The lowest BCUT2D eigenvalue weighted by Crippen LogP contribution is -2.41. The van der Waals surface area contributed by atoms with Crippen molar-refractivity contribution in [3.8, 4) is 0 Å². The fourth-order valence-corrected chi connectivity index (χ4v) is 4.27. The summed E-state index contributed by atoms with van der Waals surface area (Å²) in [7, 11) is 1.85. The molecule has 0 radical (unpaired) electrons. The number of rotatable bonds is 6. The number of amides is 2. The van der Waals surface area contributed by atoms with Crippen LogP contribution in [-0.4, -0.2) is 38.9 Å². The molecule has 0 fully saturated rings. The van der Waals surface area contributed by atoms with Crippen molar-refractivity contribution in [1.29, 1.82) is 0 Å². The van der Waals surface area contributed by atoms with Crippen LogP contribution in [0.15, 0.2) is 59.7 Å². The minimum atomic E-state index is -0.343. The summed E-state index contributed by atoms with van der Waals surface area (Å²) in [5.41, 5.74) is 3.30. The molecule has 166 valence electrons. The van der Waals surface area contributed by atoms with Crippen molar-refractivity contribution < 1.29 is 9.59 Å². The third-order valence-electron chi connectivity index (χ3n) is 5.97. The molecule has 0 atom stereocenters. The highest BCUT2D eigenvalue weighted by Crippen LogP contribution is 2.22. The lowest BCUT2D eigenvalue weighted by molar-refractivity contribution is 0.0724. The molecule has 4 rings (SSSR count). The highest BCUT2D eigenvalue weighted by Gasteiger charge is 2.29. The van der Waals surface area contributed by atoms with Crippen molar-refractivity contribution in [1.82, 2.24) is 19.4 Å². The number of aryl methyl sites for hydroxylation is 3. The normalized spacial score (nSPS) is 13.0. The number of hydrogen-bond acceptors (Lipinski definition) is 3. The van der Waals surface area contributed by atoms with Crippen LogP contribution in [0, 0.1) is 0 Å². The largest absolute Gasteiger partial charge is 0.352 e. The van der Waals surface area contributed by atoms with Crippen LogP contribution in [0.2, 0.25) is 0 Å². The Labute approximate surface area is 187 Å². The predicted octanol–water partition coefficient (Wildman–Crippen LogP) is 2.38. The lowest BCUT2D eigenvalue weighted by Gasteiger charge is -2.30. The Morgan fingerprint density at radius 1 is 1.09 bits per heavy atom. The molecule has 1 aliphatic heterocycles. The highest BCUT2D eigenvalue weighted by molar-refractivity contribution is 5.96. The molecule has 0 bridgehead atoms. The summed E-state index contributed by atoms with van der Waals surface area (Å²) in [6.45, 7) is 3.59. The Hall–Kier alpha value is -3.61. The summed E-state index contributed by atoms with van der Waals surface area (Å²) in [6, 6.07) is 13.6. The van der Waals surface area contributed by atoms with Crippen LogP contribution in [-0.2, 0) is 33.0 Å². The van der Waals surface area contributed by atoms with Crippen molar-refractivity contribution in [2.24, 2.45) is 7.05 Å². The molecule has 1 N–H and O–H groups in total.